The van der Waals surface area contributed by atoms with E-state index in [1.807, 2.05) is 24.3 Å². The Morgan fingerprint density at radius 2 is 1.20 bits per heavy atom. The molecule has 0 fully saturated rings. The summed E-state index contributed by atoms with van der Waals surface area (Å²) in [7, 11) is 2.81. The molecule has 0 aliphatic heterocycles. The van der Waals surface area contributed by atoms with Crippen LogP contribution in [0.5, 0.6) is 0 Å². The van der Waals surface area contributed by atoms with Crippen LogP contribution >= 0.6 is 0 Å². The minimum Gasteiger partial charge on any atom is -0.465 e. The standard InChI is InChI=1S/C21H20O4/c1-24-20(22)12-6-8-16-15-5-3-4-14(18(16)10-12)17-9-7-13(11-19(15)17)21(23)25-2/h6-11,14-15H,3-5H2,1-2H3. The number of benzene rings is 2. The minimum atomic E-state index is -0.302. The van der Waals surface area contributed by atoms with Gasteiger partial charge in [-0.2, -0.15) is 0 Å². The van der Waals surface area contributed by atoms with Crippen molar-refractivity contribution in [3.8, 4) is 0 Å². The molecule has 0 aromatic heterocycles. The van der Waals surface area contributed by atoms with Crippen molar-refractivity contribution >= 4 is 11.9 Å². The quantitative estimate of drug-likeness (QED) is 0.777. The third kappa shape index (κ3) is 2.44. The van der Waals surface area contributed by atoms with E-state index in [0.29, 0.717) is 11.1 Å². The van der Waals surface area contributed by atoms with Crippen LogP contribution < -0.4 is 0 Å². The molecule has 2 aromatic rings. The number of hydrogen-bond acceptors (Lipinski definition) is 4. The van der Waals surface area contributed by atoms with E-state index in [2.05, 4.69) is 12.1 Å². The van der Waals surface area contributed by atoms with Gasteiger partial charge in [-0.1, -0.05) is 18.6 Å². The van der Waals surface area contributed by atoms with Crippen molar-refractivity contribution in [1.82, 2.24) is 0 Å². The maximum absolute atomic E-state index is 11.9. The minimum absolute atomic E-state index is 0.264. The number of carbonyl (C=O) groups excluding carboxylic acids is 2. The maximum atomic E-state index is 11.9. The summed E-state index contributed by atoms with van der Waals surface area (Å²) in [5.74, 6) is -0.0755. The summed E-state index contributed by atoms with van der Waals surface area (Å²) in [4.78, 5) is 23.8. The van der Waals surface area contributed by atoms with Crippen LogP contribution in [0, 0.1) is 0 Å². The first-order valence-corrected chi connectivity index (χ1v) is 8.58. The predicted molar refractivity (Wildman–Crippen MR) is 93.1 cm³/mol. The molecule has 5 rings (SSSR count). The molecule has 0 heterocycles. The molecule has 4 heteroatoms. The molecular weight excluding hydrogens is 316 g/mol. The fourth-order valence-corrected chi connectivity index (χ4v) is 4.36. The molecule has 2 aromatic carbocycles. The van der Waals surface area contributed by atoms with Gasteiger partial charge in [0.1, 0.15) is 0 Å². The second-order valence-corrected chi connectivity index (χ2v) is 6.71. The number of carbonyl (C=O) groups is 2. The van der Waals surface area contributed by atoms with Gasteiger partial charge in [0.25, 0.3) is 0 Å². The van der Waals surface area contributed by atoms with E-state index in [-0.39, 0.29) is 23.8 Å². The van der Waals surface area contributed by atoms with Gasteiger partial charge < -0.3 is 9.47 Å². The van der Waals surface area contributed by atoms with Crippen LogP contribution in [0.4, 0.5) is 0 Å². The number of ether oxygens (including phenoxy) is 2. The number of methoxy groups -OCH3 is 2. The van der Waals surface area contributed by atoms with Crippen LogP contribution in [0.2, 0.25) is 0 Å². The van der Waals surface area contributed by atoms with Crippen LogP contribution in [0.1, 0.15) is 74.1 Å². The van der Waals surface area contributed by atoms with Crippen LogP contribution in [0.15, 0.2) is 36.4 Å². The van der Waals surface area contributed by atoms with Crippen molar-refractivity contribution in [2.45, 2.75) is 31.1 Å². The number of rotatable bonds is 2. The topological polar surface area (TPSA) is 52.6 Å². The van der Waals surface area contributed by atoms with Crippen LogP contribution in [-0.4, -0.2) is 26.2 Å². The fraction of sp³-hybridized carbons (Fsp3) is 0.333. The molecule has 0 amide bonds. The molecule has 3 aliphatic carbocycles. The van der Waals surface area contributed by atoms with Crippen molar-refractivity contribution in [3.63, 3.8) is 0 Å². The van der Waals surface area contributed by atoms with Crippen molar-refractivity contribution in [2.24, 2.45) is 0 Å². The molecule has 0 N–H and O–H groups in total. The van der Waals surface area contributed by atoms with Gasteiger partial charge in [0.05, 0.1) is 25.3 Å². The van der Waals surface area contributed by atoms with E-state index in [1.165, 1.54) is 36.5 Å². The zero-order valence-corrected chi connectivity index (χ0v) is 14.4. The predicted octanol–water partition coefficient (Wildman–Crippen LogP) is 4.02. The van der Waals surface area contributed by atoms with Gasteiger partial charge in [0.15, 0.2) is 0 Å². The fourth-order valence-electron chi connectivity index (χ4n) is 4.36. The Hall–Kier alpha value is -2.62. The Morgan fingerprint density at radius 1 is 0.760 bits per heavy atom. The number of esters is 2. The molecule has 2 atom stereocenters. The van der Waals surface area contributed by atoms with E-state index in [1.54, 1.807) is 0 Å². The van der Waals surface area contributed by atoms with E-state index in [9.17, 15) is 9.59 Å². The van der Waals surface area contributed by atoms with E-state index < -0.39 is 0 Å². The monoisotopic (exact) mass is 336 g/mol. The average molecular weight is 336 g/mol. The zero-order valence-electron chi connectivity index (χ0n) is 14.4. The Kier molecular flexibility index (Phi) is 3.83. The molecule has 128 valence electrons. The van der Waals surface area contributed by atoms with Crippen molar-refractivity contribution in [1.29, 1.82) is 0 Å². The van der Waals surface area contributed by atoms with Crippen molar-refractivity contribution < 1.29 is 19.1 Å². The molecule has 2 bridgehead atoms. The summed E-state index contributed by atoms with van der Waals surface area (Å²) in [6.07, 6.45) is 3.23. The lowest BCUT2D eigenvalue weighted by Gasteiger charge is -2.31. The van der Waals surface area contributed by atoms with Gasteiger partial charge >= 0.3 is 11.9 Å². The average Bonchev–Trinajstić information content (AvgIpc) is 2.96. The SMILES string of the molecule is COC(=O)c1ccc2c(c1)C1CCCC2c2cc(C(=O)OC)ccc21. The zero-order chi connectivity index (χ0) is 17.6. The van der Waals surface area contributed by atoms with Gasteiger partial charge in [-0.05, 0) is 59.4 Å². The second kappa shape index (κ2) is 6.03. The van der Waals surface area contributed by atoms with Crippen molar-refractivity contribution in [2.75, 3.05) is 14.2 Å². The Balaban J connectivity index is 1.86. The van der Waals surface area contributed by atoms with E-state index >= 15 is 0 Å². The van der Waals surface area contributed by atoms with E-state index in [4.69, 9.17) is 9.47 Å². The third-order valence-corrected chi connectivity index (χ3v) is 5.50. The molecule has 2 unspecified atom stereocenters. The van der Waals surface area contributed by atoms with Gasteiger partial charge in [-0.3, -0.25) is 0 Å². The summed E-state index contributed by atoms with van der Waals surface area (Å²) in [6, 6.07) is 11.8. The van der Waals surface area contributed by atoms with Gasteiger partial charge in [0, 0.05) is 11.8 Å². The summed E-state index contributed by atoms with van der Waals surface area (Å²) in [5, 5.41) is 0. The summed E-state index contributed by atoms with van der Waals surface area (Å²) in [5.41, 5.74) is 6.19. The van der Waals surface area contributed by atoms with Gasteiger partial charge in [-0.15, -0.1) is 0 Å². The molecule has 0 radical (unpaired) electrons. The maximum Gasteiger partial charge on any atom is 0.337 e. The first-order valence-electron chi connectivity index (χ1n) is 8.58. The molecule has 0 spiro atoms. The number of fused-ring (bicyclic) bond motifs is 2. The largest absolute Gasteiger partial charge is 0.465 e. The molecule has 0 saturated heterocycles. The molecule has 3 aliphatic rings. The Labute approximate surface area is 146 Å². The highest BCUT2D eigenvalue weighted by molar-refractivity contribution is 5.91. The highest BCUT2D eigenvalue weighted by Gasteiger charge is 2.35. The third-order valence-electron chi connectivity index (χ3n) is 5.50. The summed E-state index contributed by atoms with van der Waals surface area (Å²) >= 11 is 0. The molecule has 25 heavy (non-hydrogen) atoms. The lowest BCUT2D eigenvalue weighted by atomic mass is 9.73. The first kappa shape index (κ1) is 15.9. The second-order valence-electron chi connectivity index (χ2n) is 6.71. The summed E-state index contributed by atoms with van der Waals surface area (Å²) < 4.78 is 9.74. The van der Waals surface area contributed by atoms with Crippen LogP contribution in [0.25, 0.3) is 0 Å². The van der Waals surface area contributed by atoms with Crippen molar-refractivity contribution in [3.05, 3.63) is 69.8 Å². The highest BCUT2D eigenvalue weighted by Crippen LogP contribution is 2.50. The lowest BCUT2D eigenvalue weighted by Crippen LogP contribution is -2.17. The molecular formula is C21H20O4. The highest BCUT2D eigenvalue weighted by atomic mass is 16.5. The number of hydrogen-bond donors (Lipinski definition) is 0. The first-order chi connectivity index (χ1) is 12.1. The molecule has 0 saturated carbocycles. The molecule has 4 nitrogen and oxygen atoms in total. The lowest BCUT2D eigenvalue weighted by molar-refractivity contribution is 0.0591. The van der Waals surface area contributed by atoms with Gasteiger partial charge in [0.2, 0.25) is 0 Å². The Morgan fingerprint density at radius 3 is 1.60 bits per heavy atom. The smallest absolute Gasteiger partial charge is 0.337 e. The normalized spacial score (nSPS) is 20.2. The Bertz CT molecular complexity index is 797. The van der Waals surface area contributed by atoms with Crippen LogP contribution in [0.3, 0.4) is 0 Å². The van der Waals surface area contributed by atoms with Crippen LogP contribution in [-0.2, 0) is 9.47 Å². The van der Waals surface area contributed by atoms with Gasteiger partial charge in [-0.25, -0.2) is 9.59 Å². The van der Waals surface area contributed by atoms with E-state index in [0.717, 1.165) is 19.3 Å². The summed E-state index contributed by atoms with van der Waals surface area (Å²) in [6.45, 7) is 0.